The minimum Gasteiger partial charge on any atom is -0.756 e. The van der Waals surface area contributed by atoms with Crippen LogP contribution in [0.15, 0.2) is 48.6 Å². The lowest BCUT2D eigenvalue weighted by atomic mass is 10.0. The molecule has 0 aliphatic rings. The fourth-order valence-corrected chi connectivity index (χ4v) is 6.08. The Labute approximate surface area is 324 Å². The highest BCUT2D eigenvalue weighted by atomic mass is 31.2. The molecule has 0 aromatic carbocycles. The van der Waals surface area contributed by atoms with Crippen molar-refractivity contribution in [2.45, 2.75) is 168 Å². The number of carbonyl (C=O) groups excluding carboxylic acids is 2. The van der Waals surface area contributed by atoms with Gasteiger partial charge in [-0.15, -0.1) is 0 Å². The van der Waals surface area contributed by atoms with E-state index in [-0.39, 0.29) is 26.1 Å². The molecule has 0 rings (SSSR count). The molecule has 1 unspecified atom stereocenters. The summed E-state index contributed by atoms with van der Waals surface area (Å²) in [4.78, 5) is 37.4. The Bertz CT molecular complexity index is 1050. The summed E-state index contributed by atoms with van der Waals surface area (Å²) < 4.78 is 33.8. The molecule has 0 spiro atoms. The molecular weight excluding hydrogens is 689 g/mol. The summed E-state index contributed by atoms with van der Waals surface area (Å²) in [5.74, 6) is -0.883. The first-order valence-corrected chi connectivity index (χ1v) is 22.3. The van der Waals surface area contributed by atoms with E-state index in [9.17, 15) is 19.0 Å². The number of ether oxygens (including phenoxy) is 2. The third-order valence-electron chi connectivity index (χ3n) is 8.61. The molecule has 0 aromatic heterocycles. The van der Waals surface area contributed by atoms with E-state index >= 15 is 0 Å². The number of allylic oxidation sites excluding steroid dienone is 8. The molecule has 10 heteroatoms. The van der Waals surface area contributed by atoms with Gasteiger partial charge in [-0.1, -0.05) is 146 Å². The molecular formula is C43H78NO8P. The highest BCUT2D eigenvalue weighted by Gasteiger charge is 2.21. The highest BCUT2D eigenvalue weighted by molar-refractivity contribution is 7.45. The van der Waals surface area contributed by atoms with Gasteiger partial charge in [0.05, 0.1) is 27.7 Å². The molecule has 0 aliphatic heterocycles. The molecule has 53 heavy (non-hydrogen) atoms. The molecule has 0 fully saturated rings. The Hall–Kier alpha value is -2.03. The van der Waals surface area contributed by atoms with Crippen molar-refractivity contribution in [1.82, 2.24) is 0 Å². The quantitative estimate of drug-likeness (QED) is 0.0202. The van der Waals surface area contributed by atoms with Crippen LogP contribution in [0, 0.1) is 0 Å². The van der Waals surface area contributed by atoms with E-state index in [2.05, 4.69) is 62.5 Å². The summed E-state index contributed by atoms with van der Waals surface area (Å²) in [6, 6.07) is 0. The summed E-state index contributed by atoms with van der Waals surface area (Å²) in [6.07, 6.45) is 40.0. The number of esters is 2. The average molecular weight is 768 g/mol. The molecule has 0 saturated carbocycles. The molecule has 0 heterocycles. The Morgan fingerprint density at radius 3 is 1.60 bits per heavy atom. The number of quaternary nitrogens is 1. The lowest BCUT2D eigenvalue weighted by Crippen LogP contribution is -2.37. The molecule has 0 N–H and O–H groups in total. The Kier molecular flexibility index (Phi) is 34.3. The number of phosphoric ester groups is 1. The van der Waals surface area contributed by atoms with Crippen LogP contribution in [0.25, 0.3) is 0 Å². The van der Waals surface area contributed by atoms with Crippen molar-refractivity contribution in [2.24, 2.45) is 0 Å². The zero-order chi connectivity index (χ0) is 39.3. The number of rotatable bonds is 37. The van der Waals surface area contributed by atoms with Gasteiger partial charge in [-0.2, -0.15) is 0 Å². The van der Waals surface area contributed by atoms with Crippen molar-refractivity contribution >= 4 is 19.8 Å². The van der Waals surface area contributed by atoms with Gasteiger partial charge in [0.15, 0.2) is 6.10 Å². The van der Waals surface area contributed by atoms with Crippen molar-refractivity contribution in [1.29, 1.82) is 0 Å². The van der Waals surface area contributed by atoms with Crippen molar-refractivity contribution < 1.29 is 42.1 Å². The van der Waals surface area contributed by atoms with Gasteiger partial charge in [0.25, 0.3) is 7.82 Å². The van der Waals surface area contributed by atoms with Crippen LogP contribution in [0.1, 0.15) is 162 Å². The van der Waals surface area contributed by atoms with Gasteiger partial charge in [-0.3, -0.25) is 14.2 Å². The van der Waals surface area contributed by atoms with Gasteiger partial charge in [-0.05, 0) is 51.4 Å². The monoisotopic (exact) mass is 768 g/mol. The number of carbonyl (C=O) groups is 2. The standard InChI is InChI=1S/C43H78NO8P/c1-6-8-10-12-14-16-18-20-22-24-26-28-30-32-34-36-43(46)52-41(40-51-53(47,48)50-38-37-44(3,4)5)39-49-42(45)35-33-31-29-27-25-23-21-19-17-15-13-11-9-7-2/h8,10,14,16,20,22,26,28,41H,6-7,9,11-13,15,17-19,21,23-25,27,29-40H2,1-5H3/b10-8+,16-14+,22-20+,28-26+/t41-/m1/s1. The number of hydrogen-bond donors (Lipinski definition) is 0. The summed E-state index contributed by atoms with van der Waals surface area (Å²) >= 11 is 0. The maximum absolute atomic E-state index is 12.6. The van der Waals surface area contributed by atoms with E-state index in [1.165, 1.54) is 70.6 Å². The third kappa shape index (κ3) is 39.5. The van der Waals surface area contributed by atoms with E-state index in [0.717, 1.165) is 57.8 Å². The molecule has 0 aromatic rings. The number of phosphoric acid groups is 1. The fraction of sp³-hybridized carbons (Fsp3) is 0.767. The summed E-state index contributed by atoms with van der Waals surface area (Å²) in [7, 11) is 1.13. The van der Waals surface area contributed by atoms with Crippen LogP contribution in [-0.2, 0) is 32.7 Å². The molecule has 2 atom stereocenters. The van der Waals surface area contributed by atoms with Crippen LogP contribution in [0.4, 0.5) is 0 Å². The number of hydrogen-bond acceptors (Lipinski definition) is 8. The molecule has 0 saturated heterocycles. The predicted molar refractivity (Wildman–Crippen MR) is 217 cm³/mol. The molecule has 308 valence electrons. The van der Waals surface area contributed by atoms with Gasteiger partial charge >= 0.3 is 11.9 Å². The normalized spacial score (nSPS) is 14.2. The first-order valence-electron chi connectivity index (χ1n) is 20.8. The maximum atomic E-state index is 12.6. The van der Waals surface area contributed by atoms with E-state index in [1.807, 2.05) is 21.1 Å². The largest absolute Gasteiger partial charge is 0.756 e. The number of nitrogens with zero attached hydrogens (tertiary/aromatic N) is 1. The minimum atomic E-state index is -4.63. The minimum absolute atomic E-state index is 0.0395. The molecule has 0 aliphatic carbocycles. The average Bonchev–Trinajstić information content (AvgIpc) is 3.10. The number of likely N-dealkylation sites (N-methyl/N-ethyl adjacent to an activating group) is 1. The first-order chi connectivity index (χ1) is 25.5. The van der Waals surface area contributed by atoms with Gasteiger partial charge in [0.2, 0.25) is 0 Å². The molecule has 9 nitrogen and oxygen atoms in total. The van der Waals surface area contributed by atoms with Crippen LogP contribution in [0.5, 0.6) is 0 Å². The topological polar surface area (TPSA) is 111 Å². The highest BCUT2D eigenvalue weighted by Crippen LogP contribution is 2.38. The lowest BCUT2D eigenvalue weighted by molar-refractivity contribution is -0.870. The van der Waals surface area contributed by atoms with Crippen LogP contribution in [-0.4, -0.2) is 70.0 Å². The van der Waals surface area contributed by atoms with Crippen LogP contribution in [0.3, 0.4) is 0 Å². The predicted octanol–water partition coefficient (Wildman–Crippen LogP) is 10.9. The second-order valence-corrected chi connectivity index (χ2v) is 16.4. The van der Waals surface area contributed by atoms with Crippen molar-refractivity contribution in [3.8, 4) is 0 Å². The Morgan fingerprint density at radius 1 is 0.604 bits per heavy atom. The second kappa shape index (κ2) is 35.7. The van der Waals surface area contributed by atoms with Crippen molar-refractivity contribution in [2.75, 3.05) is 47.5 Å². The van der Waals surface area contributed by atoms with Crippen molar-refractivity contribution in [3.63, 3.8) is 0 Å². The number of unbranched alkanes of at least 4 members (excludes halogenated alkanes) is 15. The van der Waals surface area contributed by atoms with Gasteiger partial charge < -0.3 is 27.9 Å². The molecule has 0 radical (unpaired) electrons. The smallest absolute Gasteiger partial charge is 0.306 e. The summed E-state index contributed by atoms with van der Waals surface area (Å²) in [5.41, 5.74) is 0. The van der Waals surface area contributed by atoms with Crippen molar-refractivity contribution in [3.05, 3.63) is 48.6 Å². The maximum Gasteiger partial charge on any atom is 0.306 e. The lowest BCUT2D eigenvalue weighted by Gasteiger charge is -2.28. The zero-order valence-electron chi connectivity index (χ0n) is 34.4. The van der Waals surface area contributed by atoms with Gasteiger partial charge in [-0.25, -0.2) is 0 Å². The van der Waals surface area contributed by atoms with E-state index in [0.29, 0.717) is 17.4 Å². The zero-order valence-corrected chi connectivity index (χ0v) is 35.3. The van der Waals surface area contributed by atoms with Crippen LogP contribution >= 0.6 is 7.82 Å². The van der Waals surface area contributed by atoms with Gasteiger partial charge in [0.1, 0.15) is 19.8 Å². The third-order valence-corrected chi connectivity index (χ3v) is 9.58. The Morgan fingerprint density at radius 2 is 1.08 bits per heavy atom. The van der Waals surface area contributed by atoms with E-state index in [1.54, 1.807) is 0 Å². The second-order valence-electron chi connectivity index (χ2n) is 15.0. The molecule has 0 bridgehead atoms. The summed E-state index contributed by atoms with van der Waals surface area (Å²) in [6.45, 7) is 4.05. The molecule has 0 amide bonds. The SMILES string of the molecule is CC/C=C/C/C=C/C/C=C/C/C=C/CCCCC(=O)O[C@H](COC(=O)CCCCCCCCCCCCCCCC)COP(=O)([O-])OCC[N+](C)(C)C. The van der Waals surface area contributed by atoms with Crippen LogP contribution < -0.4 is 4.89 Å². The Balaban J connectivity index is 4.46. The van der Waals surface area contributed by atoms with E-state index in [4.69, 9.17) is 18.5 Å². The summed E-state index contributed by atoms with van der Waals surface area (Å²) in [5, 5.41) is 0. The fourth-order valence-electron chi connectivity index (χ4n) is 5.35. The van der Waals surface area contributed by atoms with Gasteiger partial charge in [0, 0.05) is 12.8 Å². The first kappa shape index (κ1) is 51.0. The van der Waals surface area contributed by atoms with Crippen LogP contribution in [0.2, 0.25) is 0 Å². The van der Waals surface area contributed by atoms with E-state index < -0.39 is 32.5 Å².